The van der Waals surface area contributed by atoms with Crippen LogP contribution in [-0.4, -0.2) is 18.5 Å². The summed E-state index contributed by atoms with van der Waals surface area (Å²) in [5, 5.41) is 3.06. The lowest BCUT2D eigenvalue weighted by molar-refractivity contribution is -0.143. The van der Waals surface area contributed by atoms with Crippen molar-refractivity contribution < 1.29 is 14.3 Å². The van der Waals surface area contributed by atoms with Gasteiger partial charge in [0.05, 0.1) is 13.0 Å². The molecule has 0 atom stereocenters. The van der Waals surface area contributed by atoms with E-state index in [9.17, 15) is 9.59 Å². The fourth-order valence-corrected chi connectivity index (χ4v) is 4.09. The Balaban J connectivity index is 1.97. The highest BCUT2D eigenvalue weighted by Gasteiger charge is 2.22. The summed E-state index contributed by atoms with van der Waals surface area (Å²) in [6.45, 7) is 26.4. The molecule has 0 saturated carbocycles. The van der Waals surface area contributed by atoms with Crippen molar-refractivity contribution in [1.82, 2.24) is 0 Å². The molecule has 0 aromatic heterocycles. The first-order chi connectivity index (χ1) is 17.2. The van der Waals surface area contributed by atoms with Crippen molar-refractivity contribution in [3.05, 3.63) is 64.2 Å². The Morgan fingerprint density at radius 2 is 1.03 bits per heavy atom. The molecular formula is C34H51NO3. The molecule has 0 radical (unpaired) electrons. The number of hydrogen-bond acceptors (Lipinski definition) is 3. The van der Waals surface area contributed by atoms with E-state index >= 15 is 0 Å². The van der Waals surface area contributed by atoms with Crippen LogP contribution in [0.15, 0.2) is 36.4 Å². The highest BCUT2D eigenvalue weighted by molar-refractivity contribution is 5.91. The van der Waals surface area contributed by atoms with Gasteiger partial charge in [-0.15, -0.1) is 0 Å². The van der Waals surface area contributed by atoms with E-state index in [1.165, 1.54) is 22.3 Å². The molecule has 2 rings (SSSR count). The highest BCUT2D eigenvalue weighted by Crippen LogP contribution is 2.33. The van der Waals surface area contributed by atoms with Gasteiger partial charge < -0.3 is 10.1 Å². The summed E-state index contributed by atoms with van der Waals surface area (Å²) in [4.78, 5) is 25.3. The first kappa shape index (κ1) is 31.6. The minimum Gasteiger partial charge on any atom is -0.465 e. The number of rotatable bonds is 7. The van der Waals surface area contributed by atoms with Crippen LogP contribution in [0.5, 0.6) is 0 Å². The van der Waals surface area contributed by atoms with E-state index in [0.717, 1.165) is 11.3 Å². The van der Waals surface area contributed by atoms with Gasteiger partial charge in [0.2, 0.25) is 5.91 Å². The van der Waals surface area contributed by atoms with E-state index in [2.05, 4.69) is 125 Å². The number of anilines is 1. The van der Waals surface area contributed by atoms with E-state index in [1.807, 2.05) is 0 Å². The van der Waals surface area contributed by atoms with Crippen LogP contribution in [0.2, 0.25) is 0 Å². The number of amides is 1. The minimum atomic E-state index is -0.260. The molecule has 0 unspecified atom stereocenters. The molecule has 0 spiro atoms. The smallest absolute Gasteiger partial charge is 0.310 e. The molecule has 0 bridgehead atoms. The van der Waals surface area contributed by atoms with Crippen LogP contribution >= 0.6 is 0 Å². The van der Waals surface area contributed by atoms with Gasteiger partial charge in [-0.3, -0.25) is 9.59 Å². The zero-order valence-corrected chi connectivity index (χ0v) is 26.0. The van der Waals surface area contributed by atoms with E-state index < -0.39 is 0 Å². The molecular weight excluding hydrogens is 470 g/mol. The van der Waals surface area contributed by atoms with Gasteiger partial charge in [-0.05, 0) is 68.0 Å². The van der Waals surface area contributed by atoms with Gasteiger partial charge in [0, 0.05) is 12.1 Å². The zero-order valence-electron chi connectivity index (χ0n) is 26.0. The topological polar surface area (TPSA) is 55.4 Å². The molecule has 1 amide bonds. The fraction of sp³-hybridized carbons (Fsp3) is 0.588. The van der Waals surface area contributed by atoms with Crippen molar-refractivity contribution in [2.45, 2.75) is 124 Å². The van der Waals surface area contributed by atoms with Crippen molar-refractivity contribution in [2.24, 2.45) is 0 Å². The Kier molecular flexibility index (Phi) is 9.67. The van der Waals surface area contributed by atoms with E-state index in [4.69, 9.17) is 4.74 Å². The van der Waals surface area contributed by atoms with Gasteiger partial charge in [-0.25, -0.2) is 0 Å². The molecule has 0 aliphatic rings. The summed E-state index contributed by atoms with van der Waals surface area (Å²) in [6, 6.07) is 12.8. The molecule has 0 fully saturated rings. The largest absolute Gasteiger partial charge is 0.465 e. The maximum absolute atomic E-state index is 12.7. The number of carbonyl (C=O) groups excluding carboxylic acids is 2. The Hall–Kier alpha value is -2.62. The monoisotopic (exact) mass is 521 g/mol. The van der Waals surface area contributed by atoms with Crippen LogP contribution in [0.3, 0.4) is 0 Å². The number of carbonyl (C=O) groups is 2. The summed E-state index contributed by atoms with van der Waals surface area (Å²) in [5.41, 5.74) is 6.56. The number of esters is 1. The van der Waals surface area contributed by atoms with Crippen LogP contribution < -0.4 is 5.32 Å². The summed E-state index contributed by atoms with van der Waals surface area (Å²) in [5.74, 6) is -0.330. The molecule has 4 heteroatoms. The molecule has 0 aliphatic heterocycles. The average molecular weight is 522 g/mol. The lowest BCUT2D eigenvalue weighted by Gasteiger charge is -2.26. The average Bonchev–Trinajstić information content (AvgIpc) is 2.74. The summed E-state index contributed by atoms with van der Waals surface area (Å²) < 4.78 is 5.51. The fourth-order valence-electron chi connectivity index (χ4n) is 4.09. The Labute approximate surface area is 232 Å². The third kappa shape index (κ3) is 9.60. The molecule has 2 aromatic rings. The van der Waals surface area contributed by atoms with Crippen LogP contribution in [0.4, 0.5) is 5.69 Å². The molecule has 0 heterocycles. The van der Waals surface area contributed by atoms with Gasteiger partial charge >= 0.3 is 5.97 Å². The quantitative estimate of drug-likeness (QED) is 0.294. The third-order valence-electron chi connectivity index (χ3n) is 6.83. The lowest BCUT2D eigenvalue weighted by atomic mass is 9.79. The maximum Gasteiger partial charge on any atom is 0.310 e. The lowest BCUT2D eigenvalue weighted by Crippen LogP contribution is -2.19. The molecule has 2 aromatic carbocycles. The first-order valence-corrected chi connectivity index (χ1v) is 13.9. The van der Waals surface area contributed by atoms with Crippen molar-refractivity contribution in [1.29, 1.82) is 0 Å². The second-order valence-corrected chi connectivity index (χ2v) is 14.8. The third-order valence-corrected chi connectivity index (χ3v) is 6.83. The van der Waals surface area contributed by atoms with Gasteiger partial charge in [-0.1, -0.05) is 107 Å². The summed E-state index contributed by atoms with van der Waals surface area (Å²) in [7, 11) is 0. The number of benzene rings is 2. The van der Waals surface area contributed by atoms with E-state index in [0.29, 0.717) is 12.8 Å². The zero-order chi connectivity index (χ0) is 29.1. The van der Waals surface area contributed by atoms with Gasteiger partial charge in [0.1, 0.15) is 0 Å². The number of hydrogen-bond donors (Lipinski definition) is 1. The summed E-state index contributed by atoms with van der Waals surface area (Å²) in [6.07, 6.45) is 1.01. The molecule has 0 saturated heterocycles. The first-order valence-electron chi connectivity index (χ1n) is 13.9. The summed E-state index contributed by atoms with van der Waals surface area (Å²) >= 11 is 0. The molecule has 1 N–H and O–H groups in total. The van der Waals surface area contributed by atoms with Crippen LogP contribution in [-0.2, 0) is 42.4 Å². The molecule has 210 valence electrons. The molecule has 4 nitrogen and oxygen atoms in total. The van der Waals surface area contributed by atoms with Gasteiger partial charge in [-0.2, -0.15) is 0 Å². The SMILES string of the molecule is CC(C)(C)c1cc(CC(=O)OCCCC(=O)Nc2cc(C(C)(C)C)cc(C(C)(C)C)c2)cc(C(C)(C)C)c1. The predicted octanol–water partition coefficient (Wildman–Crippen LogP) is 8.38. The maximum atomic E-state index is 12.7. The van der Waals surface area contributed by atoms with E-state index in [-0.39, 0.29) is 46.6 Å². The predicted molar refractivity (Wildman–Crippen MR) is 160 cm³/mol. The van der Waals surface area contributed by atoms with Crippen molar-refractivity contribution in [2.75, 3.05) is 11.9 Å². The highest BCUT2D eigenvalue weighted by atomic mass is 16.5. The van der Waals surface area contributed by atoms with Gasteiger partial charge in [0.15, 0.2) is 0 Å². The Bertz CT molecular complexity index is 976. The Morgan fingerprint density at radius 1 is 0.632 bits per heavy atom. The van der Waals surface area contributed by atoms with Crippen molar-refractivity contribution in [3.8, 4) is 0 Å². The number of nitrogens with one attached hydrogen (secondary N) is 1. The van der Waals surface area contributed by atoms with Crippen LogP contribution in [0.1, 0.15) is 124 Å². The Morgan fingerprint density at radius 3 is 1.42 bits per heavy atom. The van der Waals surface area contributed by atoms with Crippen LogP contribution in [0.25, 0.3) is 0 Å². The van der Waals surface area contributed by atoms with E-state index in [1.54, 1.807) is 0 Å². The number of ether oxygens (including phenoxy) is 1. The van der Waals surface area contributed by atoms with Crippen molar-refractivity contribution >= 4 is 17.6 Å². The molecule has 0 aliphatic carbocycles. The standard InChI is InChI=1S/C34H51NO3/c1-31(2,3)24-16-23(17-25(19-24)32(4,5)6)18-30(37)38-15-13-14-29(36)35-28-21-26(33(7,8)9)20-27(22-28)34(10,11)12/h16-17,19-22H,13-15,18H2,1-12H3,(H,35,36). The van der Waals surface area contributed by atoms with Crippen molar-refractivity contribution in [3.63, 3.8) is 0 Å². The normalized spacial score (nSPS) is 12.8. The second-order valence-electron chi connectivity index (χ2n) is 14.8. The van der Waals surface area contributed by atoms with Gasteiger partial charge in [0.25, 0.3) is 0 Å². The minimum absolute atomic E-state index is 0.00663. The molecule has 38 heavy (non-hydrogen) atoms. The van der Waals surface area contributed by atoms with Crippen LogP contribution in [0, 0.1) is 0 Å². The second kappa shape index (κ2) is 11.6.